The van der Waals surface area contributed by atoms with E-state index in [0.29, 0.717) is 6.42 Å². The molecule has 0 saturated heterocycles. The summed E-state index contributed by atoms with van der Waals surface area (Å²) in [6.45, 7) is 1.86. The van der Waals surface area contributed by atoms with Crippen LogP contribution in [0.15, 0.2) is 30.3 Å². The summed E-state index contributed by atoms with van der Waals surface area (Å²) in [7, 11) is 0. The minimum absolute atomic E-state index is 0.0532. The van der Waals surface area contributed by atoms with Crippen LogP contribution in [0.1, 0.15) is 25.3 Å². The van der Waals surface area contributed by atoms with Crippen molar-refractivity contribution in [3.8, 4) is 0 Å². The molecule has 1 rings (SSSR count). The van der Waals surface area contributed by atoms with Crippen molar-refractivity contribution >= 4 is 17.7 Å². The Balaban J connectivity index is 2.68. The third-order valence-corrected chi connectivity index (χ3v) is 3.11. The van der Waals surface area contributed by atoms with Crippen LogP contribution in [-0.2, 0) is 20.8 Å². The molecule has 0 aromatic heterocycles. The smallest absolute Gasteiger partial charge is 0.242 e. The average Bonchev–Trinajstić information content (AvgIpc) is 2.46. The highest BCUT2D eigenvalue weighted by Crippen LogP contribution is 2.04. The van der Waals surface area contributed by atoms with Crippen molar-refractivity contribution in [2.24, 2.45) is 11.5 Å². The van der Waals surface area contributed by atoms with Gasteiger partial charge in [0.25, 0.3) is 0 Å². The number of benzene rings is 1. The summed E-state index contributed by atoms with van der Waals surface area (Å²) in [5.41, 5.74) is 11.6. The van der Waals surface area contributed by atoms with E-state index >= 15 is 0 Å². The van der Waals surface area contributed by atoms with Crippen LogP contribution in [0.25, 0.3) is 0 Å². The van der Waals surface area contributed by atoms with Crippen molar-refractivity contribution in [3.05, 3.63) is 35.9 Å². The van der Waals surface area contributed by atoms with Crippen LogP contribution in [0.2, 0.25) is 0 Å². The first-order chi connectivity index (χ1) is 10.9. The third kappa shape index (κ3) is 7.96. The summed E-state index contributed by atoms with van der Waals surface area (Å²) in [6.07, 6.45) is 0.547. The lowest BCUT2D eigenvalue weighted by Crippen LogP contribution is -2.49. The van der Waals surface area contributed by atoms with Crippen LogP contribution < -0.4 is 22.1 Å². The molecule has 0 aliphatic rings. The van der Waals surface area contributed by atoms with Crippen molar-refractivity contribution in [2.75, 3.05) is 6.54 Å². The van der Waals surface area contributed by atoms with Crippen LogP contribution in [-0.4, -0.2) is 36.3 Å². The first kappa shape index (κ1) is 18.6. The molecule has 0 aliphatic carbocycles. The number of amides is 3. The van der Waals surface area contributed by atoms with E-state index in [9.17, 15) is 14.4 Å². The molecule has 1 aromatic carbocycles. The van der Waals surface area contributed by atoms with Gasteiger partial charge in [0.2, 0.25) is 17.7 Å². The molecule has 126 valence electrons. The highest BCUT2D eigenvalue weighted by molar-refractivity contribution is 5.88. The largest absolute Gasteiger partial charge is 0.370 e. The molecule has 7 nitrogen and oxygen atoms in total. The Labute approximate surface area is 135 Å². The average molecular weight is 320 g/mol. The van der Waals surface area contributed by atoms with E-state index < -0.39 is 11.9 Å². The van der Waals surface area contributed by atoms with Crippen LogP contribution in [0, 0.1) is 0 Å². The molecule has 0 heterocycles. The number of primary amides is 1. The summed E-state index contributed by atoms with van der Waals surface area (Å²) in [6, 6.07) is 8.34. The van der Waals surface area contributed by atoms with Crippen LogP contribution in [0.5, 0.6) is 0 Å². The van der Waals surface area contributed by atoms with Gasteiger partial charge in [0.15, 0.2) is 0 Å². The van der Waals surface area contributed by atoms with Crippen molar-refractivity contribution in [1.29, 1.82) is 0 Å². The normalized spacial score (nSPS) is 13.0. The van der Waals surface area contributed by atoms with Crippen molar-refractivity contribution in [1.82, 2.24) is 10.6 Å². The van der Waals surface area contributed by atoms with Crippen molar-refractivity contribution in [2.45, 2.75) is 38.3 Å². The lowest BCUT2D eigenvalue weighted by molar-refractivity contribution is -0.129. The molecule has 6 N–H and O–H groups in total. The molecule has 23 heavy (non-hydrogen) atoms. The second kappa shape index (κ2) is 9.58. The molecule has 1 aromatic rings. The van der Waals surface area contributed by atoms with Crippen molar-refractivity contribution in [3.63, 3.8) is 0 Å². The molecule has 0 bridgehead atoms. The number of carbonyl (C=O) groups excluding carboxylic acids is 3. The zero-order chi connectivity index (χ0) is 17.2. The Morgan fingerprint density at radius 1 is 1.17 bits per heavy atom. The lowest BCUT2D eigenvalue weighted by atomic mass is 10.0. The number of carbonyl (C=O) groups is 3. The van der Waals surface area contributed by atoms with Gasteiger partial charge in [0.05, 0.1) is 0 Å². The fourth-order valence-electron chi connectivity index (χ4n) is 2.04. The first-order valence-electron chi connectivity index (χ1n) is 7.53. The molecular formula is C16H24N4O3. The third-order valence-electron chi connectivity index (χ3n) is 3.11. The molecule has 0 aliphatic heterocycles. The van der Waals surface area contributed by atoms with Crippen LogP contribution in [0.3, 0.4) is 0 Å². The molecule has 0 spiro atoms. The van der Waals surface area contributed by atoms with Gasteiger partial charge in [-0.3, -0.25) is 14.4 Å². The second-order valence-corrected chi connectivity index (χ2v) is 5.50. The minimum atomic E-state index is -0.725. The quantitative estimate of drug-likeness (QED) is 0.486. The van der Waals surface area contributed by atoms with Gasteiger partial charge in [-0.05, 0) is 12.5 Å². The van der Waals surface area contributed by atoms with Gasteiger partial charge in [-0.25, -0.2) is 0 Å². The van der Waals surface area contributed by atoms with Crippen LogP contribution >= 0.6 is 0 Å². The maximum absolute atomic E-state index is 12.2. The number of nitrogens with two attached hydrogens (primary N) is 2. The van der Waals surface area contributed by atoms with E-state index in [1.165, 1.54) is 0 Å². The Kier molecular flexibility index (Phi) is 7.76. The number of hydrogen-bond donors (Lipinski definition) is 4. The van der Waals surface area contributed by atoms with Gasteiger partial charge in [-0.15, -0.1) is 0 Å². The van der Waals surface area contributed by atoms with E-state index in [0.717, 1.165) is 5.56 Å². The SMILES string of the molecule is CC(N)CC(=O)NC(Cc1ccccc1)C(=O)NCCC(N)=O. The second-order valence-electron chi connectivity index (χ2n) is 5.50. The minimum Gasteiger partial charge on any atom is -0.370 e. The van der Waals surface area contributed by atoms with Gasteiger partial charge in [0, 0.05) is 31.8 Å². The fourth-order valence-corrected chi connectivity index (χ4v) is 2.04. The Bertz CT molecular complexity index is 531. The van der Waals surface area contributed by atoms with Gasteiger partial charge < -0.3 is 22.1 Å². The molecular weight excluding hydrogens is 296 g/mol. The maximum atomic E-state index is 12.2. The monoisotopic (exact) mass is 320 g/mol. The standard InChI is InChI=1S/C16H24N4O3/c1-11(17)9-15(22)20-13(10-12-5-3-2-4-6-12)16(23)19-8-7-14(18)21/h2-6,11,13H,7-10,17H2,1H3,(H2,18,21)(H,19,23)(H,20,22). The Hall–Kier alpha value is -2.41. The van der Waals surface area contributed by atoms with Gasteiger partial charge >= 0.3 is 0 Å². The molecule has 3 amide bonds. The number of nitrogens with one attached hydrogen (secondary N) is 2. The zero-order valence-electron chi connectivity index (χ0n) is 13.2. The number of hydrogen-bond acceptors (Lipinski definition) is 4. The summed E-state index contributed by atoms with van der Waals surface area (Å²) in [5.74, 6) is -1.13. The van der Waals surface area contributed by atoms with Crippen LogP contribution in [0.4, 0.5) is 0 Å². The van der Waals surface area contributed by atoms with E-state index in [1.54, 1.807) is 6.92 Å². The molecule has 0 radical (unpaired) electrons. The molecule has 0 fully saturated rings. The summed E-state index contributed by atoms with van der Waals surface area (Å²) in [5, 5.41) is 5.29. The number of rotatable bonds is 9. The maximum Gasteiger partial charge on any atom is 0.242 e. The topological polar surface area (TPSA) is 127 Å². The van der Waals surface area contributed by atoms with Crippen molar-refractivity contribution < 1.29 is 14.4 Å². The molecule has 0 saturated carbocycles. The fraction of sp³-hybridized carbons (Fsp3) is 0.438. The summed E-state index contributed by atoms with van der Waals surface area (Å²) in [4.78, 5) is 34.9. The Morgan fingerprint density at radius 2 is 1.83 bits per heavy atom. The van der Waals surface area contributed by atoms with E-state index in [1.807, 2.05) is 30.3 Å². The van der Waals surface area contributed by atoms with Gasteiger partial charge in [-0.2, -0.15) is 0 Å². The van der Waals surface area contributed by atoms with E-state index in [4.69, 9.17) is 11.5 Å². The molecule has 2 unspecified atom stereocenters. The summed E-state index contributed by atoms with van der Waals surface area (Å²) < 4.78 is 0. The zero-order valence-corrected chi connectivity index (χ0v) is 13.2. The predicted octanol–water partition coefficient (Wildman–Crippen LogP) is -0.557. The predicted molar refractivity (Wildman–Crippen MR) is 87.2 cm³/mol. The van der Waals surface area contributed by atoms with Gasteiger partial charge in [0.1, 0.15) is 6.04 Å². The Morgan fingerprint density at radius 3 is 2.39 bits per heavy atom. The molecule has 2 atom stereocenters. The van der Waals surface area contributed by atoms with Gasteiger partial charge in [-0.1, -0.05) is 30.3 Å². The first-order valence-corrected chi connectivity index (χ1v) is 7.53. The summed E-state index contributed by atoms with van der Waals surface area (Å²) >= 11 is 0. The lowest BCUT2D eigenvalue weighted by Gasteiger charge is -2.19. The molecule has 7 heteroatoms. The highest BCUT2D eigenvalue weighted by atomic mass is 16.2. The highest BCUT2D eigenvalue weighted by Gasteiger charge is 2.21. The van der Waals surface area contributed by atoms with E-state index in [2.05, 4.69) is 10.6 Å². The van der Waals surface area contributed by atoms with E-state index in [-0.39, 0.29) is 37.2 Å².